The van der Waals surface area contributed by atoms with Gasteiger partial charge in [-0.1, -0.05) is 32.0 Å². The Hall–Kier alpha value is -3.74. The fourth-order valence-electron chi connectivity index (χ4n) is 4.69. The Kier molecular flexibility index (Phi) is 4.41. The Morgan fingerprint density at radius 1 is 1.09 bits per heavy atom. The standard InChI is InChI=1S/C25H25N7/c1-15(2)20-14-27-32-24(20)30-23(16-6-5-11-26-13-16)31-25(32)28-17-9-10-22-19(12-17)18-7-3-4-8-21(18)29-22/h3-8,11,13-15,17,29H,9-10,12H2,1-2H3,(H,28,30,31). The lowest BCUT2D eigenvalue weighted by molar-refractivity contribution is 0.599. The lowest BCUT2D eigenvalue weighted by atomic mass is 9.91. The first-order valence-electron chi connectivity index (χ1n) is 11.2. The van der Waals surface area contributed by atoms with E-state index in [4.69, 9.17) is 9.97 Å². The van der Waals surface area contributed by atoms with E-state index in [-0.39, 0.29) is 6.04 Å². The molecule has 0 bridgehead atoms. The highest BCUT2D eigenvalue weighted by molar-refractivity contribution is 5.85. The molecule has 1 unspecified atom stereocenters. The Labute approximate surface area is 186 Å². The van der Waals surface area contributed by atoms with Crippen molar-refractivity contribution in [1.29, 1.82) is 0 Å². The summed E-state index contributed by atoms with van der Waals surface area (Å²) in [6.45, 7) is 4.32. The second-order valence-electron chi connectivity index (χ2n) is 8.81. The van der Waals surface area contributed by atoms with E-state index in [0.717, 1.165) is 42.0 Å². The fourth-order valence-corrected chi connectivity index (χ4v) is 4.69. The van der Waals surface area contributed by atoms with E-state index in [2.05, 4.69) is 58.5 Å². The lowest BCUT2D eigenvalue weighted by Gasteiger charge is -2.24. The Balaban J connectivity index is 1.41. The van der Waals surface area contributed by atoms with Gasteiger partial charge in [0.05, 0.1) is 6.20 Å². The van der Waals surface area contributed by atoms with Gasteiger partial charge in [-0.3, -0.25) is 4.98 Å². The van der Waals surface area contributed by atoms with Gasteiger partial charge in [-0.2, -0.15) is 14.6 Å². The summed E-state index contributed by atoms with van der Waals surface area (Å²) in [4.78, 5) is 17.6. The van der Waals surface area contributed by atoms with Gasteiger partial charge in [0.2, 0.25) is 5.95 Å². The van der Waals surface area contributed by atoms with Crippen LogP contribution in [0.1, 0.15) is 43.0 Å². The minimum atomic E-state index is 0.272. The number of hydrogen-bond acceptors (Lipinski definition) is 5. The van der Waals surface area contributed by atoms with E-state index >= 15 is 0 Å². The van der Waals surface area contributed by atoms with Gasteiger partial charge >= 0.3 is 0 Å². The molecule has 0 fully saturated rings. The zero-order valence-corrected chi connectivity index (χ0v) is 18.2. The number of nitrogens with zero attached hydrogens (tertiary/aromatic N) is 5. The van der Waals surface area contributed by atoms with Crippen LogP contribution < -0.4 is 5.32 Å². The first-order chi connectivity index (χ1) is 15.7. The number of benzene rings is 1. The topological polar surface area (TPSA) is 83.8 Å². The molecule has 4 aromatic heterocycles. The number of hydrogen-bond donors (Lipinski definition) is 2. The maximum Gasteiger partial charge on any atom is 0.228 e. The summed E-state index contributed by atoms with van der Waals surface area (Å²) in [5.41, 5.74) is 6.84. The molecule has 0 saturated heterocycles. The molecule has 0 radical (unpaired) electrons. The Morgan fingerprint density at radius 3 is 2.84 bits per heavy atom. The molecule has 32 heavy (non-hydrogen) atoms. The van der Waals surface area contributed by atoms with E-state index in [1.165, 1.54) is 22.2 Å². The number of aromatic nitrogens is 6. The minimum absolute atomic E-state index is 0.272. The largest absolute Gasteiger partial charge is 0.358 e. The number of anilines is 1. The van der Waals surface area contributed by atoms with E-state index in [9.17, 15) is 0 Å². The number of nitrogens with one attached hydrogen (secondary N) is 2. The number of rotatable bonds is 4. The van der Waals surface area contributed by atoms with Crippen LogP contribution in [0.3, 0.4) is 0 Å². The SMILES string of the molecule is CC(C)c1cnn2c(NC3CCc4[nH]c5ccccc5c4C3)nc(-c3cccnc3)nc12. The van der Waals surface area contributed by atoms with Gasteiger partial charge in [-0.05, 0) is 48.9 Å². The smallest absolute Gasteiger partial charge is 0.228 e. The van der Waals surface area contributed by atoms with Gasteiger partial charge in [0.25, 0.3) is 0 Å². The molecule has 7 nitrogen and oxygen atoms in total. The predicted molar refractivity (Wildman–Crippen MR) is 126 cm³/mol. The molecule has 5 aromatic rings. The fraction of sp³-hybridized carbons (Fsp3) is 0.280. The van der Waals surface area contributed by atoms with Crippen molar-refractivity contribution in [3.05, 3.63) is 71.8 Å². The van der Waals surface area contributed by atoms with Gasteiger partial charge in [0, 0.05) is 46.2 Å². The molecule has 1 atom stereocenters. The second kappa shape index (κ2) is 7.44. The first kappa shape index (κ1) is 19.0. The summed E-state index contributed by atoms with van der Waals surface area (Å²) in [5, 5.41) is 9.65. The third-order valence-corrected chi connectivity index (χ3v) is 6.37. The number of aromatic amines is 1. The van der Waals surface area contributed by atoms with Crippen molar-refractivity contribution in [3.63, 3.8) is 0 Å². The second-order valence-corrected chi connectivity index (χ2v) is 8.81. The molecule has 2 N–H and O–H groups in total. The van der Waals surface area contributed by atoms with Crippen molar-refractivity contribution >= 4 is 22.5 Å². The average molecular weight is 424 g/mol. The number of para-hydroxylation sites is 1. The van der Waals surface area contributed by atoms with Crippen LogP contribution >= 0.6 is 0 Å². The third-order valence-electron chi connectivity index (χ3n) is 6.37. The number of pyridine rings is 1. The van der Waals surface area contributed by atoms with Crippen LogP contribution in [0.5, 0.6) is 0 Å². The molecule has 0 spiro atoms. The zero-order chi connectivity index (χ0) is 21.7. The van der Waals surface area contributed by atoms with E-state index in [1.807, 2.05) is 22.8 Å². The van der Waals surface area contributed by atoms with Crippen molar-refractivity contribution in [3.8, 4) is 11.4 Å². The highest BCUT2D eigenvalue weighted by Crippen LogP contribution is 2.31. The molecule has 6 rings (SSSR count). The van der Waals surface area contributed by atoms with E-state index < -0.39 is 0 Å². The lowest BCUT2D eigenvalue weighted by Crippen LogP contribution is -2.29. The summed E-state index contributed by atoms with van der Waals surface area (Å²) < 4.78 is 1.85. The number of aryl methyl sites for hydroxylation is 1. The van der Waals surface area contributed by atoms with Crippen LogP contribution in [0.2, 0.25) is 0 Å². The van der Waals surface area contributed by atoms with Gasteiger partial charge in [0.15, 0.2) is 11.5 Å². The average Bonchev–Trinajstić information content (AvgIpc) is 3.41. The summed E-state index contributed by atoms with van der Waals surface area (Å²) in [6, 6.07) is 12.7. The van der Waals surface area contributed by atoms with Crippen molar-refractivity contribution in [1.82, 2.24) is 29.5 Å². The number of fused-ring (bicyclic) bond motifs is 4. The van der Waals surface area contributed by atoms with Gasteiger partial charge < -0.3 is 10.3 Å². The first-order valence-corrected chi connectivity index (χ1v) is 11.2. The highest BCUT2D eigenvalue weighted by Gasteiger charge is 2.24. The van der Waals surface area contributed by atoms with Crippen molar-refractivity contribution in [2.75, 3.05) is 5.32 Å². The maximum atomic E-state index is 4.87. The van der Waals surface area contributed by atoms with Crippen molar-refractivity contribution < 1.29 is 0 Å². The quantitative estimate of drug-likeness (QED) is 0.435. The minimum Gasteiger partial charge on any atom is -0.358 e. The van der Waals surface area contributed by atoms with Crippen LogP contribution in [0.25, 0.3) is 27.9 Å². The monoisotopic (exact) mass is 423 g/mol. The summed E-state index contributed by atoms with van der Waals surface area (Å²) >= 11 is 0. The molecule has 0 aliphatic heterocycles. The normalized spacial score (nSPS) is 16.0. The molecule has 4 heterocycles. The molecule has 1 aliphatic rings. The Morgan fingerprint density at radius 2 is 2.00 bits per heavy atom. The predicted octanol–water partition coefficient (Wildman–Crippen LogP) is 4.76. The maximum absolute atomic E-state index is 4.87. The molecule has 1 aliphatic carbocycles. The van der Waals surface area contributed by atoms with Crippen LogP contribution in [0.4, 0.5) is 5.95 Å². The van der Waals surface area contributed by atoms with Gasteiger partial charge in [-0.15, -0.1) is 0 Å². The summed E-state index contributed by atoms with van der Waals surface area (Å²) in [5.74, 6) is 1.72. The van der Waals surface area contributed by atoms with Crippen LogP contribution in [0.15, 0.2) is 55.0 Å². The highest BCUT2D eigenvalue weighted by atomic mass is 15.4. The van der Waals surface area contributed by atoms with Crippen LogP contribution in [0, 0.1) is 0 Å². The third kappa shape index (κ3) is 3.12. The molecule has 0 saturated carbocycles. The summed E-state index contributed by atoms with van der Waals surface area (Å²) in [7, 11) is 0. The molecular formula is C25H25N7. The van der Waals surface area contributed by atoms with Gasteiger partial charge in [0.1, 0.15) is 0 Å². The molecule has 160 valence electrons. The van der Waals surface area contributed by atoms with Crippen LogP contribution in [-0.2, 0) is 12.8 Å². The molecular weight excluding hydrogens is 398 g/mol. The van der Waals surface area contributed by atoms with E-state index in [1.54, 1.807) is 12.4 Å². The summed E-state index contributed by atoms with van der Waals surface area (Å²) in [6.07, 6.45) is 8.48. The van der Waals surface area contributed by atoms with Crippen LogP contribution in [-0.4, -0.2) is 35.6 Å². The molecule has 1 aromatic carbocycles. The molecule has 0 amide bonds. The van der Waals surface area contributed by atoms with Gasteiger partial charge in [-0.25, -0.2) is 4.98 Å². The van der Waals surface area contributed by atoms with Crippen molar-refractivity contribution in [2.24, 2.45) is 0 Å². The molecule has 7 heteroatoms. The number of H-pyrrole nitrogens is 1. The Bertz CT molecular complexity index is 1410. The zero-order valence-electron chi connectivity index (χ0n) is 18.2. The van der Waals surface area contributed by atoms with E-state index in [0.29, 0.717) is 11.7 Å². The van der Waals surface area contributed by atoms with Crippen molar-refractivity contribution in [2.45, 2.75) is 45.1 Å².